The minimum Gasteiger partial charge on any atom is -0.383 e. The molecule has 0 spiro atoms. The van der Waals surface area contributed by atoms with Gasteiger partial charge in [-0.15, -0.1) is 5.54 Å². The molecule has 0 aliphatic heterocycles. The minimum absolute atomic E-state index is 0.325. The maximum Gasteiger partial charge on any atom is 0.146 e. The summed E-state index contributed by atoms with van der Waals surface area (Å²) in [5, 5.41) is 1.50. The van der Waals surface area contributed by atoms with Gasteiger partial charge < -0.3 is 5.73 Å². The predicted octanol–water partition coefficient (Wildman–Crippen LogP) is 5.53. The van der Waals surface area contributed by atoms with Gasteiger partial charge >= 0.3 is 0 Å². The van der Waals surface area contributed by atoms with Crippen LogP contribution in [0.1, 0.15) is 47.1 Å². The Kier molecular flexibility index (Phi) is 5.34. The third kappa shape index (κ3) is 3.05. The zero-order valence-corrected chi connectivity index (χ0v) is 16.4. The molecule has 2 aromatic rings. The molecule has 128 valence electrons. The van der Waals surface area contributed by atoms with Crippen molar-refractivity contribution >= 4 is 24.7 Å². The molecule has 0 radical (unpaired) electrons. The molecular formula is C20H27FN2Si. The van der Waals surface area contributed by atoms with Gasteiger partial charge in [0.2, 0.25) is 0 Å². The maximum absolute atomic E-state index is 14.5. The number of nitrogens with two attached hydrogens (primary N) is 1. The molecule has 0 fully saturated rings. The molecule has 4 heteroatoms. The van der Waals surface area contributed by atoms with Gasteiger partial charge in [-0.2, -0.15) is 0 Å². The summed E-state index contributed by atoms with van der Waals surface area (Å²) in [6.07, 6.45) is 1.64. The number of fused-ring (bicyclic) bond motifs is 1. The van der Waals surface area contributed by atoms with Gasteiger partial charge in [-0.3, -0.25) is 0 Å². The van der Waals surface area contributed by atoms with Crippen LogP contribution in [0.4, 0.5) is 10.2 Å². The Balaban J connectivity index is 2.74. The van der Waals surface area contributed by atoms with Crippen molar-refractivity contribution in [3.05, 3.63) is 35.8 Å². The Morgan fingerprint density at radius 1 is 1.00 bits per heavy atom. The lowest BCUT2D eigenvalue weighted by molar-refractivity contribution is 0.626. The molecule has 0 unspecified atom stereocenters. The van der Waals surface area contributed by atoms with Gasteiger partial charge in [-0.05, 0) is 34.1 Å². The lowest BCUT2D eigenvalue weighted by Gasteiger charge is -2.38. The van der Waals surface area contributed by atoms with E-state index < -0.39 is 8.07 Å². The number of anilines is 1. The van der Waals surface area contributed by atoms with Gasteiger partial charge in [0.25, 0.3) is 0 Å². The highest BCUT2D eigenvalue weighted by atomic mass is 28.3. The van der Waals surface area contributed by atoms with Crippen LogP contribution in [0.25, 0.3) is 10.8 Å². The van der Waals surface area contributed by atoms with Crippen LogP contribution in [0, 0.1) is 17.3 Å². The number of rotatable bonds is 3. The van der Waals surface area contributed by atoms with Crippen LogP contribution in [-0.4, -0.2) is 13.1 Å². The minimum atomic E-state index is -1.93. The first-order valence-corrected chi connectivity index (χ1v) is 10.8. The average Bonchev–Trinajstić information content (AvgIpc) is 2.49. The number of nitrogen functional groups attached to an aromatic ring is 1. The number of nitrogens with zero attached hydrogens (tertiary/aromatic N) is 1. The first-order valence-electron chi connectivity index (χ1n) is 8.57. The number of pyridine rings is 1. The summed E-state index contributed by atoms with van der Waals surface area (Å²) in [5.74, 6) is 3.21. The third-order valence-corrected chi connectivity index (χ3v) is 11.5. The number of hydrogen-bond donors (Lipinski definition) is 1. The van der Waals surface area contributed by atoms with Crippen molar-refractivity contribution in [3.63, 3.8) is 0 Å². The molecule has 24 heavy (non-hydrogen) atoms. The smallest absolute Gasteiger partial charge is 0.146 e. The molecule has 2 N–H and O–H groups in total. The summed E-state index contributed by atoms with van der Waals surface area (Å²) < 4.78 is 14.5. The number of aromatic nitrogens is 1. The van der Waals surface area contributed by atoms with E-state index >= 15 is 0 Å². The van der Waals surface area contributed by atoms with E-state index in [2.05, 4.69) is 58.0 Å². The van der Waals surface area contributed by atoms with E-state index in [-0.39, 0.29) is 5.82 Å². The van der Waals surface area contributed by atoms with Gasteiger partial charge in [0.1, 0.15) is 19.7 Å². The molecule has 0 saturated heterocycles. The van der Waals surface area contributed by atoms with Gasteiger partial charge in [-0.1, -0.05) is 53.5 Å². The molecule has 1 aromatic heterocycles. The van der Waals surface area contributed by atoms with Crippen LogP contribution in [0.2, 0.25) is 16.6 Å². The highest BCUT2D eigenvalue weighted by molar-refractivity contribution is 6.90. The van der Waals surface area contributed by atoms with E-state index in [9.17, 15) is 4.39 Å². The molecule has 2 rings (SSSR count). The average molecular weight is 343 g/mol. The van der Waals surface area contributed by atoms with Gasteiger partial charge in [-0.25, -0.2) is 9.37 Å². The summed E-state index contributed by atoms with van der Waals surface area (Å²) >= 11 is 0. The Labute approximate surface area is 145 Å². The molecule has 0 atom stereocenters. The second-order valence-electron chi connectivity index (χ2n) is 7.36. The van der Waals surface area contributed by atoms with Crippen molar-refractivity contribution in [1.29, 1.82) is 0 Å². The fraction of sp³-hybridized carbons (Fsp3) is 0.450. The van der Waals surface area contributed by atoms with Crippen LogP contribution in [0.5, 0.6) is 0 Å². The summed E-state index contributed by atoms with van der Waals surface area (Å²) in [6, 6.07) is 5.04. The highest BCUT2D eigenvalue weighted by Gasteiger charge is 2.41. The molecule has 2 nitrogen and oxygen atoms in total. The number of hydrogen-bond acceptors (Lipinski definition) is 2. The van der Waals surface area contributed by atoms with Gasteiger partial charge in [0.15, 0.2) is 0 Å². The molecule has 0 bridgehead atoms. The van der Waals surface area contributed by atoms with Gasteiger partial charge in [0, 0.05) is 11.6 Å². The lowest BCUT2D eigenvalue weighted by atomic mass is 10.1. The third-order valence-electron chi connectivity index (χ3n) is 5.18. The zero-order valence-electron chi connectivity index (χ0n) is 15.4. The quantitative estimate of drug-likeness (QED) is 0.589. The van der Waals surface area contributed by atoms with E-state index in [4.69, 9.17) is 5.73 Å². The van der Waals surface area contributed by atoms with Crippen molar-refractivity contribution in [2.75, 3.05) is 5.73 Å². The van der Waals surface area contributed by atoms with Crippen LogP contribution in [-0.2, 0) is 0 Å². The monoisotopic (exact) mass is 342 g/mol. The van der Waals surface area contributed by atoms with E-state index in [1.165, 1.54) is 6.07 Å². The fourth-order valence-electron chi connectivity index (χ4n) is 4.00. The summed E-state index contributed by atoms with van der Waals surface area (Å²) in [6.45, 7) is 13.5. The van der Waals surface area contributed by atoms with E-state index in [0.717, 1.165) is 5.39 Å². The normalized spacial score (nSPS) is 12.1. The van der Waals surface area contributed by atoms with Crippen LogP contribution < -0.4 is 5.73 Å². The standard InChI is InChI=1S/C20H27FN2Si/c1-13(2)24(14(3)4,15(5)6)12-10-17-18(21)8-7-16-9-11-23-20(22)19(16)17/h7-9,11,13-15H,1-6H3,(H2,22,23). The summed E-state index contributed by atoms with van der Waals surface area (Å²) in [4.78, 5) is 4.11. The van der Waals surface area contributed by atoms with E-state index in [0.29, 0.717) is 33.4 Å². The first-order chi connectivity index (χ1) is 11.2. The summed E-state index contributed by atoms with van der Waals surface area (Å²) in [5.41, 5.74) is 11.5. The zero-order chi connectivity index (χ0) is 18.1. The van der Waals surface area contributed by atoms with Gasteiger partial charge in [0.05, 0.1) is 5.56 Å². The topological polar surface area (TPSA) is 38.9 Å². The first kappa shape index (κ1) is 18.5. The molecule has 1 aromatic carbocycles. The van der Waals surface area contributed by atoms with Crippen molar-refractivity contribution in [1.82, 2.24) is 4.98 Å². The number of benzene rings is 1. The second kappa shape index (κ2) is 6.94. The Bertz CT molecular complexity index is 779. The van der Waals surface area contributed by atoms with Crippen LogP contribution >= 0.6 is 0 Å². The van der Waals surface area contributed by atoms with Crippen molar-refractivity contribution in [3.8, 4) is 11.5 Å². The molecule has 0 aliphatic carbocycles. The maximum atomic E-state index is 14.5. The van der Waals surface area contributed by atoms with Crippen molar-refractivity contribution < 1.29 is 4.39 Å². The molecule has 1 heterocycles. The molecular weight excluding hydrogens is 315 g/mol. The Morgan fingerprint density at radius 2 is 1.58 bits per heavy atom. The van der Waals surface area contributed by atoms with Crippen LogP contribution in [0.3, 0.4) is 0 Å². The predicted molar refractivity (Wildman–Crippen MR) is 104 cm³/mol. The van der Waals surface area contributed by atoms with Crippen molar-refractivity contribution in [2.45, 2.75) is 58.2 Å². The highest BCUT2D eigenvalue weighted by Crippen LogP contribution is 2.41. The molecule has 0 aliphatic rings. The molecule has 0 saturated carbocycles. The molecule has 0 amide bonds. The lowest BCUT2D eigenvalue weighted by Crippen LogP contribution is -2.43. The van der Waals surface area contributed by atoms with Crippen LogP contribution in [0.15, 0.2) is 24.4 Å². The second-order valence-corrected chi connectivity index (χ2v) is 12.9. The Hall–Kier alpha value is -1.86. The van der Waals surface area contributed by atoms with E-state index in [1.54, 1.807) is 12.3 Å². The Morgan fingerprint density at radius 3 is 2.12 bits per heavy atom. The largest absolute Gasteiger partial charge is 0.383 e. The summed E-state index contributed by atoms with van der Waals surface area (Å²) in [7, 11) is -1.93. The fourth-order valence-corrected chi connectivity index (χ4v) is 9.20. The number of halogens is 1. The van der Waals surface area contributed by atoms with E-state index in [1.807, 2.05) is 6.07 Å². The SMILES string of the molecule is CC(C)[Si](C#Cc1c(F)ccc2ccnc(N)c12)(C(C)C)C(C)C. The van der Waals surface area contributed by atoms with Crippen molar-refractivity contribution in [2.24, 2.45) is 0 Å².